The highest BCUT2D eigenvalue weighted by Gasteiger charge is 2.39. The SMILES string of the molecule is CC(=O)C(C=C(N)c1ncc2c(n1)NC(=O)C2(C)C)=NCc1ccccc1F. The molecule has 0 radical (unpaired) electrons. The van der Waals surface area contributed by atoms with Crippen molar-refractivity contribution in [1.29, 1.82) is 0 Å². The Hall–Kier alpha value is -3.42. The third-order valence-electron chi connectivity index (χ3n) is 4.55. The topological polar surface area (TPSA) is 110 Å². The molecule has 3 rings (SSSR count). The maximum atomic E-state index is 13.7. The average Bonchev–Trinajstić information content (AvgIpc) is 2.87. The van der Waals surface area contributed by atoms with Crippen molar-refractivity contribution in [2.45, 2.75) is 32.7 Å². The minimum atomic E-state index is -0.724. The summed E-state index contributed by atoms with van der Waals surface area (Å²) in [5.74, 6) is -0.339. The Balaban J connectivity index is 1.89. The van der Waals surface area contributed by atoms with Gasteiger partial charge < -0.3 is 11.1 Å². The molecule has 0 spiro atoms. The highest BCUT2D eigenvalue weighted by atomic mass is 19.1. The van der Waals surface area contributed by atoms with Gasteiger partial charge >= 0.3 is 0 Å². The predicted molar refractivity (Wildman–Crippen MR) is 104 cm³/mol. The number of anilines is 1. The van der Waals surface area contributed by atoms with Gasteiger partial charge in [0.15, 0.2) is 11.6 Å². The lowest BCUT2D eigenvalue weighted by atomic mass is 9.88. The molecule has 1 aromatic carbocycles. The highest BCUT2D eigenvalue weighted by Crippen LogP contribution is 2.35. The van der Waals surface area contributed by atoms with Crippen molar-refractivity contribution in [3.63, 3.8) is 0 Å². The van der Waals surface area contributed by atoms with Gasteiger partial charge in [-0.1, -0.05) is 18.2 Å². The highest BCUT2D eigenvalue weighted by molar-refractivity contribution is 6.44. The minimum Gasteiger partial charge on any atom is -0.396 e. The van der Waals surface area contributed by atoms with Crippen LogP contribution in [0.4, 0.5) is 10.2 Å². The van der Waals surface area contributed by atoms with Gasteiger partial charge in [0.25, 0.3) is 0 Å². The molecule has 2 aromatic rings. The average molecular weight is 381 g/mol. The van der Waals surface area contributed by atoms with Gasteiger partial charge in [-0.3, -0.25) is 14.6 Å². The lowest BCUT2D eigenvalue weighted by molar-refractivity contribution is -0.119. The Labute approximate surface area is 161 Å². The van der Waals surface area contributed by atoms with Crippen molar-refractivity contribution in [3.8, 4) is 0 Å². The number of halogens is 1. The van der Waals surface area contributed by atoms with Crippen LogP contribution >= 0.6 is 0 Å². The summed E-state index contributed by atoms with van der Waals surface area (Å²) in [7, 11) is 0. The van der Waals surface area contributed by atoms with Crippen molar-refractivity contribution in [2.75, 3.05) is 5.32 Å². The summed E-state index contributed by atoms with van der Waals surface area (Å²) in [6.07, 6.45) is 2.90. The number of hydrogen-bond acceptors (Lipinski definition) is 6. The number of benzene rings is 1. The van der Waals surface area contributed by atoms with E-state index in [9.17, 15) is 14.0 Å². The zero-order chi connectivity index (χ0) is 20.5. The van der Waals surface area contributed by atoms with Gasteiger partial charge in [-0.2, -0.15) is 0 Å². The van der Waals surface area contributed by atoms with Crippen LogP contribution in [0.25, 0.3) is 5.70 Å². The molecule has 3 N–H and O–H groups in total. The third kappa shape index (κ3) is 3.66. The van der Waals surface area contributed by atoms with E-state index >= 15 is 0 Å². The van der Waals surface area contributed by atoms with Crippen molar-refractivity contribution < 1.29 is 14.0 Å². The van der Waals surface area contributed by atoms with Gasteiger partial charge in [0.05, 0.1) is 17.7 Å². The largest absolute Gasteiger partial charge is 0.396 e. The van der Waals surface area contributed by atoms with E-state index in [1.807, 2.05) is 0 Å². The van der Waals surface area contributed by atoms with E-state index in [2.05, 4.69) is 20.3 Å². The lowest BCUT2D eigenvalue weighted by Crippen LogP contribution is -2.26. The van der Waals surface area contributed by atoms with Crippen LogP contribution in [-0.4, -0.2) is 27.4 Å². The van der Waals surface area contributed by atoms with E-state index in [0.717, 1.165) is 0 Å². The molecule has 0 unspecified atom stereocenters. The molecule has 1 aliphatic heterocycles. The smallest absolute Gasteiger partial charge is 0.235 e. The molecule has 0 aliphatic carbocycles. The second-order valence-corrected chi connectivity index (χ2v) is 6.98. The maximum Gasteiger partial charge on any atom is 0.235 e. The Morgan fingerprint density at radius 1 is 1.36 bits per heavy atom. The van der Waals surface area contributed by atoms with Crippen LogP contribution in [0.2, 0.25) is 0 Å². The van der Waals surface area contributed by atoms with E-state index in [1.54, 1.807) is 38.2 Å². The zero-order valence-corrected chi connectivity index (χ0v) is 15.8. The first-order valence-electron chi connectivity index (χ1n) is 8.65. The summed E-state index contributed by atoms with van der Waals surface area (Å²) in [6.45, 7) is 4.90. The molecule has 1 amide bonds. The molecule has 0 bridgehead atoms. The van der Waals surface area contributed by atoms with Crippen molar-refractivity contribution >= 4 is 28.9 Å². The van der Waals surface area contributed by atoms with Gasteiger partial charge in [-0.15, -0.1) is 0 Å². The zero-order valence-electron chi connectivity index (χ0n) is 15.8. The molecule has 28 heavy (non-hydrogen) atoms. The fraction of sp³-hybridized carbons (Fsp3) is 0.250. The summed E-state index contributed by atoms with van der Waals surface area (Å²) in [4.78, 5) is 36.6. The molecule has 2 heterocycles. The van der Waals surface area contributed by atoms with Crippen LogP contribution in [0, 0.1) is 5.82 Å². The van der Waals surface area contributed by atoms with Crippen LogP contribution < -0.4 is 11.1 Å². The van der Waals surface area contributed by atoms with Gasteiger partial charge in [-0.25, -0.2) is 14.4 Å². The van der Waals surface area contributed by atoms with Crippen LogP contribution in [0.1, 0.15) is 37.7 Å². The number of hydrogen-bond donors (Lipinski definition) is 2. The number of carbonyl (C=O) groups excluding carboxylic acids is 2. The maximum absolute atomic E-state index is 13.7. The first-order chi connectivity index (χ1) is 13.2. The molecule has 1 aliphatic rings. The molecule has 7 nitrogen and oxygen atoms in total. The molecular formula is C20H20FN5O2. The number of carbonyl (C=O) groups is 2. The number of fused-ring (bicyclic) bond motifs is 1. The Kier molecular flexibility index (Phi) is 5.04. The number of allylic oxidation sites excluding steroid dienone is 1. The van der Waals surface area contributed by atoms with Gasteiger partial charge in [0.2, 0.25) is 5.91 Å². The summed E-state index contributed by atoms with van der Waals surface area (Å²) in [5, 5.41) is 2.70. The van der Waals surface area contributed by atoms with Crippen LogP contribution in [0.15, 0.2) is 41.5 Å². The summed E-state index contributed by atoms with van der Waals surface area (Å²) >= 11 is 0. The van der Waals surface area contributed by atoms with Crippen LogP contribution in [0.3, 0.4) is 0 Å². The van der Waals surface area contributed by atoms with Gasteiger partial charge in [0, 0.05) is 24.2 Å². The fourth-order valence-electron chi connectivity index (χ4n) is 2.73. The minimum absolute atomic E-state index is 0.000653. The Morgan fingerprint density at radius 2 is 2.07 bits per heavy atom. The van der Waals surface area contributed by atoms with Crippen molar-refractivity contribution in [1.82, 2.24) is 9.97 Å². The number of nitrogens with one attached hydrogen (secondary N) is 1. The molecule has 0 atom stereocenters. The van der Waals surface area contributed by atoms with Gasteiger partial charge in [-0.05, 0) is 26.0 Å². The van der Waals surface area contributed by atoms with Crippen molar-refractivity contribution in [2.24, 2.45) is 10.7 Å². The quantitative estimate of drug-likeness (QED) is 0.773. The van der Waals surface area contributed by atoms with E-state index in [4.69, 9.17) is 5.73 Å². The number of amides is 1. The van der Waals surface area contributed by atoms with Crippen LogP contribution in [0.5, 0.6) is 0 Å². The molecule has 144 valence electrons. The standard InChI is InChI=1S/C20H20FN5O2/c1-11(27)16(23-9-12-6-4-5-7-14(12)21)8-15(22)18-24-10-13-17(25-18)26-19(28)20(13,2)3/h4-8,10H,9,22H2,1-3H3,(H,24,25,26,28). The fourth-order valence-corrected chi connectivity index (χ4v) is 2.73. The lowest BCUT2D eigenvalue weighted by Gasteiger charge is -2.13. The predicted octanol–water partition coefficient (Wildman–Crippen LogP) is 2.38. The number of nitrogens with zero attached hydrogens (tertiary/aromatic N) is 3. The summed E-state index contributed by atoms with van der Waals surface area (Å²) in [5.41, 5.74) is 6.56. The molecule has 8 heteroatoms. The molecule has 1 aromatic heterocycles. The van der Waals surface area contributed by atoms with E-state index in [1.165, 1.54) is 19.1 Å². The van der Waals surface area contributed by atoms with E-state index < -0.39 is 11.2 Å². The number of aromatic nitrogens is 2. The number of ketones is 1. The number of nitrogens with two attached hydrogens (primary N) is 1. The summed E-state index contributed by atoms with van der Waals surface area (Å²) in [6, 6.07) is 6.20. The summed E-state index contributed by atoms with van der Waals surface area (Å²) < 4.78 is 13.7. The number of aliphatic imine (C=N–C) groups is 1. The molecular weight excluding hydrogens is 361 g/mol. The van der Waals surface area contributed by atoms with E-state index in [0.29, 0.717) is 16.9 Å². The van der Waals surface area contributed by atoms with Gasteiger partial charge in [0.1, 0.15) is 17.3 Å². The molecule has 0 fully saturated rings. The first kappa shape index (κ1) is 19.3. The Bertz CT molecular complexity index is 1030. The first-order valence-corrected chi connectivity index (χ1v) is 8.65. The normalized spacial score (nSPS) is 15.9. The number of rotatable bonds is 5. The molecule has 0 saturated heterocycles. The monoisotopic (exact) mass is 381 g/mol. The second-order valence-electron chi connectivity index (χ2n) is 6.98. The second kappa shape index (κ2) is 7.30. The third-order valence-corrected chi connectivity index (χ3v) is 4.55. The van der Waals surface area contributed by atoms with Crippen LogP contribution in [-0.2, 0) is 21.5 Å². The molecule has 0 saturated carbocycles. The van der Waals surface area contributed by atoms with Crippen molar-refractivity contribution in [3.05, 3.63) is 59.3 Å². The Morgan fingerprint density at radius 3 is 2.75 bits per heavy atom. The number of Topliss-reactive ketones (excluding diaryl/α,β-unsaturated/α-hetero) is 1. The van der Waals surface area contributed by atoms with E-state index in [-0.39, 0.29) is 35.5 Å².